The minimum absolute atomic E-state index is 0.345. The highest BCUT2D eigenvalue weighted by molar-refractivity contribution is 5.42. The number of nitrogens with zero attached hydrogens (tertiary/aromatic N) is 4. The zero-order valence-corrected chi connectivity index (χ0v) is 10.8. The molecule has 1 saturated heterocycles. The van der Waals surface area contributed by atoms with Crippen molar-refractivity contribution in [3.63, 3.8) is 0 Å². The minimum Gasteiger partial charge on any atom is -0.376 e. The number of hydrogen-bond acceptors (Lipinski definition) is 5. The zero-order valence-electron chi connectivity index (χ0n) is 10.8. The maximum absolute atomic E-state index is 5.63. The zero-order chi connectivity index (χ0) is 12.3. The molecule has 0 bridgehead atoms. The van der Waals surface area contributed by atoms with E-state index in [0.717, 1.165) is 31.3 Å². The second-order valence-corrected chi connectivity index (χ2v) is 4.62. The van der Waals surface area contributed by atoms with E-state index in [1.54, 1.807) is 6.20 Å². The van der Waals surface area contributed by atoms with Gasteiger partial charge >= 0.3 is 0 Å². The van der Waals surface area contributed by atoms with Gasteiger partial charge < -0.3 is 14.5 Å². The molecule has 1 aromatic rings. The third-order valence-electron chi connectivity index (χ3n) is 2.92. The van der Waals surface area contributed by atoms with Gasteiger partial charge in [-0.15, -0.1) is 0 Å². The largest absolute Gasteiger partial charge is 0.376 e. The van der Waals surface area contributed by atoms with Gasteiger partial charge in [-0.2, -0.15) is 4.98 Å². The first kappa shape index (κ1) is 12.1. The van der Waals surface area contributed by atoms with Crippen LogP contribution in [0.25, 0.3) is 0 Å². The lowest BCUT2D eigenvalue weighted by atomic mass is 10.2. The normalized spacial score (nSPS) is 19.4. The van der Waals surface area contributed by atoms with Crippen LogP contribution in [0.3, 0.4) is 0 Å². The van der Waals surface area contributed by atoms with Crippen molar-refractivity contribution in [1.82, 2.24) is 9.97 Å². The molecule has 1 aliphatic heterocycles. The Bertz CT molecular complexity index is 363. The number of aromatic nitrogens is 2. The van der Waals surface area contributed by atoms with Crippen LogP contribution in [0, 0.1) is 0 Å². The lowest BCUT2D eigenvalue weighted by molar-refractivity contribution is 0.116. The van der Waals surface area contributed by atoms with Gasteiger partial charge in [0.25, 0.3) is 0 Å². The first-order valence-corrected chi connectivity index (χ1v) is 6.00. The highest BCUT2D eigenvalue weighted by atomic mass is 16.5. The molecule has 1 aliphatic rings. The first-order valence-electron chi connectivity index (χ1n) is 6.00. The van der Waals surface area contributed by atoms with Crippen LogP contribution in [0.15, 0.2) is 12.3 Å². The Balaban J connectivity index is 2.02. The Morgan fingerprint density at radius 2 is 2.24 bits per heavy atom. The SMILES string of the molecule is CN(C)c1nccc(N(C)C[C@@H]2CCCO2)n1. The van der Waals surface area contributed by atoms with Gasteiger partial charge in [0.05, 0.1) is 6.10 Å². The lowest BCUT2D eigenvalue weighted by Gasteiger charge is -2.22. The molecule has 0 spiro atoms. The smallest absolute Gasteiger partial charge is 0.226 e. The summed E-state index contributed by atoms with van der Waals surface area (Å²) < 4.78 is 5.63. The highest BCUT2D eigenvalue weighted by Crippen LogP contribution is 2.17. The van der Waals surface area contributed by atoms with E-state index in [-0.39, 0.29) is 0 Å². The van der Waals surface area contributed by atoms with E-state index in [2.05, 4.69) is 14.9 Å². The Labute approximate surface area is 102 Å². The van der Waals surface area contributed by atoms with Crippen LogP contribution in [-0.2, 0) is 4.74 Å². The molecular formula is C12H20N4O. The molecule has 0 radical (unpaired) electrons. The van der Waals surface area contributed by atoms with Gasteiger partial charge in [0, 0.05) is 40.5 Å². The van der Waals surface area contributed by atoms with Crippen LogP contribution in [-0.4, -0.2) is 50.4 Å². The molecule has 0 aliphatic carbocycles. The van der Waals surface area contributed by atoms with Gasteiger partial charge in [-0.3, -0.25) is 0 Å². The predicted octanol–water partition coefficient (Wildman–Crippen LogP) is 1.16. The molecule has 1 fully saturated rings. The molecule has 0 unspecified atom stereocenters. The fraction of sp³-hybridized carbons (Fsp3) is 0.667. The van der Waals surface area contributed by atoms with Crippen LogP contribution in [0.5, 0.6) is 0 Å². The van der Waals surface area contributed by atoms with Crippen LogP contribution >= 0.6 is 0 Å². The summed E-state index contributed by atoms with van der Waals surface area (Å²) in [5.74, 6) is 1.68. The molecule has 5 nitrogen and oxygen atoms in total. The van der Waals surface area contributed by atoms with Crippen molar-refractivity contribution in [1.29, 1.82) is 0 Å². The van der Waals surface area contributed by atoms with Gasteiger partial charge in [0.2, 0.25) is 5.95 Å². The fourth-order valence-electron chi connectivity index (χ4n) is 1.95. The van der Waals surface area contributed by atoms with Crippen LogP contribution in [0.4, 0.5) is 11.8 Å². The standard InChI is InChI=1S/C12H20N4O/c1-15(2)12-13-7-6-11(14-12)16(3)9-10-5-4-8-17-10/h6-7,10H,4-5,8-9H2,1-3H3/t10-/m0/s1. The lowest BCUT2D eigenvalue weighted by Crippen LogP contribution is -2.29. The molecule has 5 heteroatoms. The highest BCUT2D eigenvalue weighted by Gasteiger charge is 2.18. The summed E-state index contributed by atoms with van der Waals surface area (Å²) >= 11 is 0. The predicted molar refractivity (Wildman–Crippen MR) is 68.6 cm³/mol. The second-order valence-electron chi connectivity index (χ2n) is 4.62. The maximum Gasteiger partial charge on any atom is 0.226 e. The maximum atomic E-state index is 5.63. The molecule has 2 rings (SSSR count). The van der Waals surface area contributed by atoms with Gasteiger partial charge in [-0.05, 0) is 18.9 Å². The summed E-state index contributed by atoms with van der Waals surface area (Å²) in [6.45, 7) is 1.79. The van der Waals surface area contributed by atoms with Gasteiger partial charge in [0.1, 0.15) is 5.82 Å². The van der Waals surface area contributed by atoms with Gasteiger partial charge in [0.15, 0.2) is 0 Å². The van der Waals surface area contributed by atoms with E-state index in [0.29, 0.717) is 6.10 Å². The van der Waals surface area contributed by atoms with Gasteiger partial charge in [-0.25, -0.2) is 4.98 Å². The van der Waals surface area contributed by atoms with E-state index in [1.165, 1.54) is 6.42 Å². The van der Waals surface area contributed by atoms with E-state index in [1.807, 2.05) is 32.1 Å². The molecule has 1 aromatic heterocycles. The molecule has 0 N–H and O–H groups in total. The monoisotopic (exact) mass is 236 g/mol. The summed E-state index contributed by atoms with van der Waals surface area (Å²) in [4.78, 5) is 12.7. The molecule has 0 amide bonds. The van der Waals surface area contributed by atoms with E-state index in [4.69, 9.17) is 4.74 Å². The summed E-state index contributed by atoms with van der Waals surface area (Å²) in [6, 6.07) is 1.93. The third kappa shape index (κ3) is 3.06. The third-order valence-corrected chi connectivity index (χ3v) is 2.92. The molecule has 0 saturated carbocycles. The minimum atomic E-state index is 0.345. The first-order chi connectivity index (χ1) is 8.16. The topological polar surface area (TPSA) is 41.5 Å². The Hall–Kier alpha value is -1.36. The number of likely N-dealkylation sites (N-methyl/N-ethyl adjacent to an activating group) is 1. The van der Waals surface area contributed by atoms with Gasteiger partial charge in [-0.1, -0.05) is 0 Å². The van der Waals surface area contributed by atoms with E-state index < -0.39 is 0 Å². The fourth-order valence-corrected chi connectivity index (χ4v) is 1.95. The Morgan fingerprint density at radius 1 is 1.41 bits per heavy atom. The molecule has 17 heavy (non-hydrogen) atoms. The van der Waals surface area contributed by atoms with E-state index in [9.17, 15) is 0 Å². The van der Waals surface area contributed by atoms with Crippen LogP contribution in [0.2, 0.25) is 0 Å². The molecule has 1 atom stereocenters. The average Bonchev–Trinajstić information content (AvgIpc) is 2.82. The van der Waals surface area contributed by atoms with Crippen molar-refractivity contribution in [2.24, 2.45) is 0 Å². The second kappa shape index (κ2) is 5.31. The van der Waals surface area contributed by atoms with Crippen molar-refractivity contribution in [2.45, 2.75) is 18.9 Å². The molecule has 94 valence electrons. The van der Waals surface area contributed by atoms with Crippen LogP contribution in [0.1, 0.15) is 12.8 Å². The average molecular weight is 236 g/mol. The number of ether oxygens (including phenoxy) is 1. The summed E-state index contributed by atoms with van der Waals surface area (Å²) in [5.41, 5.74) is 0. The summed E-state index contributed by atoms with van der Waals surface area (Å²) in [5, 5.41) is 0. The van der Waals surface area contributed by atoms with Crippen molar-refractivity contribution >= 4 is 11.8 Å². The van der Waals surface area contributed by atoms with Crippen molar-refractivity contribution in [3.8, 4) is 0 Å². The van der Waals surface area contributed by atoms with Crippen molar-refractivity contribution in [3.05, 3.63) is 12.3 Å². The summed E-state index contributed by atoms with van der Waals surface area (Å²) in [6.07, 6.45) is 4.46. The number of hydrogen-bond donors (Lipinski definition) is 0. The number of anilines is 2. The van der Waals surface area contributed by atoms with E-state index >= 15 is 0 Å². The molecular weight excluding hydrogens is 216 g/mol. The Kier molecular flexibility index (Phi) is 3.78. The molecule has 0 aromatic carbocycles. The Morgan fingerprint density at radius 3 is 2.88 bits per heavy atom. The summed E-state index contributed by atoms with van der Waals surface area (Å²) in [7, 11) is 5.93. The van der Waals surface area contributed by atoms with Crippen LogP contribution < -0.4 is 9.80 Å². The van der Waals surface area contributed by atoms with Crippen molar-refractivity contribution < 1.29 is 4.74 Å². The number of rotatable bonds is 4. The quantitative estimate of drug-likeness (QED) is 0.784. The van der Waals surface area contributed by atoms with Crippen molar-refractivity contribution in [2.75, 3.05) is 44.1 Å². The molecule has 2 heterocycles.